The summed E-state index contributed by atoms with van der Waals surface area (Å²) in [5.41, 5.74) is 23.5. The van der Waals surface area contributed by atoms with E-state index in [2.05, 4.69) is 299 Å². The second-order valence-electron chi connectivity index (χ2n) is 21.4. The van der Waals surface area contributed by atoms with E-state index >= 15 is 0 Å². The molecule has 2 aliphatic rings. The molecule has 10 aromatic carbocycles. The number of rotatable bonds is 8. The fourth-order valence-electron chi connectivity index (χ4n) is 11.2. The van der Waals surface area contributed by atoms with E-state index in [0.717, 1.165) is 39.8 Å². The van der Waals surface area contributed by atoms with Crippen molar-refractivity contribution in [2.75, 3.05) is 14.7 Å². The van der Waals surface area contributed by atoms with E-state index in [1.165, 1.54) is 72.3 Å². The van der Waals surface area contributed by atoms with Crippen LogP contribution in [0.4, 0.5) is 51.2 Å². The highest BCUT2D eigenvalue weighted by atomic mass is 15.2. The zero-order valence-corrected chi connectivity index (χ0v) is 42.0. The quantitative estimate of drug-likeness (QED) is 0.141. The van der Waals surface area contributed by atoms with Crippen molar-refractivity contribution in [3.05, 3.63) is 254 Å². The summed E-state index contributed by atoms with van der Waals surface area (Å²) in [6.45, 7) is 14.0. The number of para-hydroxylation sites is 4. The fourth-order valence-corrected chi connectivity index (χ4v) is 11.2. The van der Waals surface area contributed by atoms with Crippen molar-refractivity contribution in [1.29, 1.82) is 0 Å². The molecule has 10 aromatic rings. The van der Waals surface area contributed by atoms with E-state index in [4.69, 9.17) is 0 Å². The Bertz CT molecular complexity index is 3500. The van der Waals surface area contributed by atoms with Crippen molar-refractivity contribution in [2.24, 2.45) is 0 Å². The van der Waals surface area contributed by atoms with Gasteiger partial charge in [-0.3, -0.25) is 0 Å². The van der Waals surface area contributed by atoms with E-state index in [0.29, 0.717) is 0 Å². The Hall–Kier alpha value is -8.34. The SMILES string of the molecule is CC(C)(C)c1ccc2c(c1)B1c3cc(C(C)(C)C)ccc3N(c3c(-c4ccccc4)cccc3-c3ccccc3)c3cc(N(c4ccccc4)c4ccccc4)cc(c31)N2c1ccccc1-c1ccccc1. The van der Waals surface area contributed by atoms with Gasteiger partial charge in [-0.1, -0.05) is 230 Å². The maximum absolute atomic E-state index is 2.64. The van der Waals surface area contributed by atoms with E-state index in [1.807, 2.05) is 0 Å². The Morgan fingerprint density at radius 2 is 0.708 bits per heavy atom. The first-order valence-corrected chi connectivity index (χ1v) is 25.4. The number of nitrogens with zero attached hydrogens (tertiary/aromatic N) is 3. The minimum absolute atomic E-state index is 0.0867. The lowest BCUT2D eigenvalue weighted by atomic mass is 9.33. The number of benzene rings is 10. The van der Waals surface area contributed by atoms with Gasteiger partial charge in [-0.15, -0.1) is 0 Å². The molecule has 0 bridgehead atoms. The Morgan fingerprint density at radius 3 is 1.18 bits per heavy atom. The van der Waals surface area contributed by atoms with Gasteiger partial charge in [-0.2, -0.15) is 0 Å². The molecule has 12 rings (SSSR count). The monoisotopic (exact) mass is 927 g/mol. The summed E-state index contributed by atoms with van der Waals surface area (Å²) in [6, 6.07) is 90.0. The smallest absolute Gasteiger partial charge is 0.252 e. The third kappa shape index (κ3) is 7.79. The van der Waals surface area contributed by atoms with Crippen LogP contribution in [0.25, 0.3) is 33.4 Å². The van der Waals surface area contributed by atoms with Gasteiger partial charge in [0, 0.05) is 50.8 Å². The second-order valence-corrected chi connectivity index (χ2v) is 21.4. The first-order chi connectivity index (χ1) is 35.0. The summed E-state index contributed by atoms with van der Waals surface area (Å²) in [7, 11) is 0. The zero-order chi connectivity index (χ0) is 49.1. The fraction of sp³-hybridized carbons (Fsp3) is 0.118. The predicted molar refractivity (Wildman–Crippen MR) is 309 cm³/mol. The molecule has 0 amide bonds. The molecule has 0 aromatic heterocycles. The molecular weight excluding hydrogens is 870 g/mol. The van der Waals surface area contributed by atoms with Crippen LogP contribution >= 0.6 is 0 Å². The molecule has 0 unspecified atom stereocenters. The van der Waals surface area contributed by atoms with Crippen LogP contribution in [0.1, 0.15) is 52.7 Å². The largest absolute Gasteiger partial charge is 0.311 e. The lowest BCUT2D eigenvalue weighted by Gasteiger charge is -2.46. The third-order valence-corrected chi connectivity index (χ3v) is 14.7. The number of fused-ring (bicyclic) bond motifs is 4. The number of hydrogen-bond acceptors (Lipinski definition) is 3. The lowest BCUT2D eigenvalue weighted by Crippen LogP contribution is -2.61. The van der Waals surface area contributed by atoms with Crippen LogP contribution < -0.4 is 31.1 Å². The Kier molecular flexibility index (Phi) is 11.1. The van der Waals surface area contributed by atoms with Crippen LogP contribution in [0.15, 0.2) is 243 Å². The van der Waals surface area contributed by atoms with Gasteiger partial charge in [0.25, 0.3) is 6.71 Å². The van der Waals surface area contributed by atoms with Gasteiger partial charge in [-0.25, -0.2) is 0 Å². The minimum Gasteiger partial charge on any atom is -0.311 e. The molecule has 0 aliphatic carbocycles. The molecule has 0 saturated carbocycles. The van der Waals surface area contributed by atoms with Crippen molar-refractivity contribution in [3.8, 4) is 33.4 Å². The van der Waals surface area contributed by atoms with E-state index in [9.17, 15) is 0 Å². The Balaban J connectivity index is 1.28. The first kappa shape index (κ1) is 44.8. The van der Waals surface area contributed by atoms with Crippen molar-refractivity contribution in [3.63, 3.8) is 0 Å². The highest BCUT2D eigenvalue weighted by Gasteiger charge is 2.46. The molecule has 0 spiro atoms. The normalized spacial score (nSPS) is 12.8. The minimum atomic E-state index is -0.0963. The standard InChI is InChI=1S/C68H58BN3/c1-67(2,3)50-39-41-61-58(43-50)69-59-44-51(68(4,5)6)40-42-62(59)72(66-56(48-27-14-8-15-28-48)36-24-37-57(66)49-29-16-9-17-30-49)64-46-54(70(52-31-18-10-19-32-52)53-33-20-11-21-34-53)45-63(65(64)69)71(61)60-38-23-22-35-55(60)47-25-12-7-13-26-47/h7-46H,1-6H3. The topological polar surface area (TPSA) is 9.72 Å². The van der Waals surface area contributed by atoms with Crippen molar-refractivity contribution in [2.45, 2.75) is 52.4 Å². The summed E-state index contributed by atoms with van der Waals surface area (Å²) in [5, 5.41) is 0. The summed E-state index contributed by atoms with van der Waals surface area (Å²) in [6.07, 6.45) is 0. The molecule has 72 heavy (non-hydrogen) atoms. The molecule has 0 atom stereocenters. The van der Waals surface area contributed by atoms with Crippen LogP contribution in [-0.4, -0.2) is 6.71 Å². The van der Waals surface area contributed by atoms with Gasteiger partial charge in [0.05, 0.1) is 17.1 Å². The van der Waals surface area contributed by atoms with Gasteiger partial charge in [0.1, 0.15) is 0 Å². The van der Waals surface area contributed by atoms with E-state index in [-0.39, 0.29) is 17.5 Å². The maximum atomic E-state index is 2.64. The highest BCUT2D eigenvalue weighted by molar-refractivity contribution is 7.00. The van der Waals surface area contributed by atoms with E-state index < -0.39 is 0 Å². The molecule has 0 fully saturated rings. The van der Waals surface area contributed by atoms with Crippen LogP contribution in [0.5, 0.6) is 0 Å². The van der Waals surface area contributed by atoms with Crippen molar-refractivity contribution < 1.29 is 0 Å². The van der Waals surface area contributed by atoms with Gasteiger partial charge in [-0.05, 0) is 110 Å². The Morgan fingerprint density at radius 1 is 0.319 bits per heavy atom. The molecule has 0 N–H and O–H groups in total. The molecule has 3 nitrogen and oxygen atoms in total. The average molecular weight is 928 g/mol. The van der Waals surface area contributed by atoms with Crippen molar-refractivity contribution >= 4 is 74.3 Å². The molecular formula is C68H58BN3. The molecule has 4 heteroatoms. The Labute approximate surface area is 426 Å². The van der Waals surface area contributed by atoms with Gasteiger partial charge >= 0.3 is 0 Å². The third-order valence-electron chi connectivity index (χ3n) is 14.7. The van der Waals surface area contributed by atoms with Gasteiger partial charge in [0.15, 0.2) is 0 Å². The van der Waals surface area contributed by atoms with Gasteiger partial charge in [0.2, 0.25) is 0 Å². The number of hydrogen-bond donors (Lipinski definition) is 0. The lowest BCUT2D eigenvalue weighted by molar-refractivity contribution is 0.590. The summed E-state index contributed by atoms with van der Waals surface area (Å²) < 4.78 is 0. The van der Waals surface area contributed by atoms with Crippen LogP contribution in [0.2, 0.25) is 0 Å². The number of anilines is 9. The summed E-state index contributed by atoms with van der Waals surface area (Å²) in [4.78, 5) is 7.66. The van der Waals surface area contributed by atoms with Crippen molar-refractivity contribution in [1.82, 2.24) is 0 Å². The van der Waals surface area contributed by atoms with Crippen LogP contribution in [-0.2, 0) is 10.8 Å². The second kappa shape index (κ2) is 17.8. The molecule has 2 heterocycles. The average Bonchev–Trinajstić information content (AvgIpc) is 3.41. The van der Waals surface area contributed by atoms with Gasteiger partial charge < -0.3 is 14.7 Å². The molecule has 2 aliphatic heterocycles. The predicted octanol–water partition coefficient (Wildman–Crippen LogP) is 16.8. The van der Waals surface area contributed by atoms with Crippen LogP contribution in [0.3, 0.4) is 0 Å². The first-order valence-electron chi connectivity index (χ1n) is 25.4. The van der Waals surface area contributed by atoms with E-state index in [1.54, 1.807) is 0 Å². The molecule has 348 valence electrons. The zero-order valence-electron chi connectivity index (χ0n) is 42.0. The summed E-state index contributed by atoms with van der Waals surface area (Å²) in [5.74, 6) is 0. The van der Waals surface area contributed by atoms with Crippen LogP contribution in [0, 0.1) is 0 Å². The highest BCUT2D eigenvalue weighted by Crippen LogP contribution is 2.53. The maximum Gasteiger partial charge on any atom is 0.252 e. The molecule has 0 saturated heterocycles. The molecule has 0 radical (unpaired) electrons. The summed E-state index contributed by atoms with van der Waals surface area (Å²) >= 11 is 0.